The molecule has 0 bridgehead atoms. The summed E-state index contributed by atoms with van der Waals surface area (Å²) in [5.41, 5.74) is 10.1. The number of ether oxygens (including phenoxy) is 1. The van der Waals surface area contributed by atoms with Gasteiger partial charge in [0.2, 0.25) is 0 Å². The zero-order valence-corrected chi connectivity index (χ0v) is 12.6. The Bertz CT molecular complexity index is 621. The van der Waals surface area contributed by atoms with Gasteiger partial charge in [-0.1, -0.05) is 36.4 Å². The van der Waals surface area contributed by atoms with Crippen molar-refractivity contribution in [3.8, 4) is 0 Å². The molecule has 0 saturated carbocycles. The third kappa shape index (κ3) is 4.09. The Labute approximate surface area is 125 Å². The zero-order valence-electron chi connectivity index (χ0n) is 12.6. The standard InChI is InChI=1S/C18H21NO2/c1-13-11-14(2)17(19)16(12-13)18(20)21-10-6-9-15-7-4-3-5-8-15/h3-5,7-8,11-12H,6,9-10,19H2,1-2H3. The van der Waals surface area contributed by atoms with Crippen molar-refractivity contribution in [2.75, 3.05) is 12.3 Å². The first-order chi connectivity index (χ1) is 10.1. The van der Waals surface area contributed by atoms with Crippen molar-refractivity contribution in [2.45, 2.75) is 26.7 Å². The fourth-order valence-corrected chi connectivity index (χ4v) is 2.31. The van der Waals surface area contributed by atoms with Crippen LogP contribution in [0.1, 0.15) is 33.5 Å². The summed E-state index contributed by atoms with van der Waals surface area (Å²) >= 11 is 0. The summed E-state index contributed by atoms with van der Waals surface area (Å²) in [6.45, 7) is 4.24. The predicted octanol–water partition coefficient (Wildman–Crippen LogP) is 3.68. The Hall–Kier alpha value is -2.29. The monoisotopic (exact) mass is 283 g/mol. The van der Waals surface area contributed by atoms with Crippen LogP contribution in [0.3, 0.4) is 0 Å². The smallest absolute Gasteiger partial charge is 0.340 e. The van der Waals surface area contributed by atoms with Gasteiger partial charge in [-0.25, -0.2) is 4.79 Å². The van der Waals surface area contributed by atoms with Crippen LogP contribution in [-0.2, 0) is 11.2 Å². The number of carbonyl (C=O) groups excluding carboxylic acids is 1. The average Bonchev–Trinajstić information content (AvgIpc) is 2.48. The highest BCUT2D eigenvalue weighted by atomic mass is 16.5. The highest BCUT2D eigenvalue weighted by Gasteiger charge is 2.13. The molecule has 2 rings (SSSR count). The molecular weight excluding hydrogens is 262 g/mol. The van der Waals surface area contributed by atoms with Crippen molar-refractivity contribution in [1.82, 2.24) is 0 Å². The normalized spacial score (nSPS) is 10.4. The van der Waals surface area contributed by atoms with E-state index < -0.39 is 0 Å². The van der Waals surface area contributed by atoms with Gasteiger partial charge in [0.05, 0.1) is 12.2 Å². The molecule has 0 aliphatic rings. The van der Waals surface area contributed by atoms with E-state index in [2.05, 4.69) is 12.1 Å². The summed E-state index contributed by atoms with van der Waals surface area (Å²) in [6.07, 6.45) is 1.71. The van der Waals surface area contributed by atoms with Gasteiger partial charge in [-0.2, -0.15) is 0 Å². The minimum Gasteiger partial charge on any atom is -0.462 e. The first-order valence-corrected chi connectivity index (χ1v) is 7.15. The second-order valence-electron chi connectivity index (χ2n) is 5.27. The highest BCUT2D eigenvalue weighted by Crippen LogP contribution is 2.20. The number of carbonyl (C=O) groups is 1. The Kier molecular flexibility index (Phi) is 4.99. The van der Waals surface area contributed by atoms with Crippen LogP contribution in [0.2, 0.25) is 0 Å². The molecule has 2 aromatic rings. The molecule has 0 spiro atoms. The quantitative estimate of drug-likeness (QED) is 0.517. The number of nitrogens with two attached hydrogens (primary N) is 1. The molecule has 0 saturated heterocycles. The number of rotatable bonds is 5. The summed E-state index contributed by atoms with van der Waals surface area (Å²) in [5.74, 6) is -0.340. The van der Waals surface area contributed by atoms with Crippen LogP contribution in [0.5, 0.6) is 0 Å². The van der Waals surface area contributed by atoms with Crippen LogP contribution in [0.25, 0.3) is 0 Å². The van der Waals surface area contributed by atoms with E-state index in [1.165, 1.54) is 5.56 Å². The van der Waals surface area contributed by atoms with E-state index in [-0.39, 0.29) is 5.97 Å². The van der Waals surface area contributed by atoms with Gasteiger partial charge >= 0.3 is 5.97 Å². The number of aryl methyl sites for hydroxylation is 3. The number of hydrogen-bond donors (Lipinski definition) is 1. The van der Waals surface area contributed by atoms with Crippen molar-refractivity contribution in [3.63, 3.8) is 0 Å². The number of anilines is 1. The summed E-state index contributed by atoms with van der Waals surface area (Å²) in [4.78, 5) is 12.1. The fourth-order valence-electron chi connectivity index (χ4n) is 2.31. The molecule has 110 valence electrons. The van der Waals surface area contributed by atoms with Crippen molar-refractivity contribution >= 4 is 11.7 Å². The molecule has 0 fully saturated rings. The fraction of sp³-hybridized carbons (Fsp3) is 0.278. The van der Waals surface area contributed by atoms with Crippen molar-refractivity contribution in [3.05, 3.63) is 64.7 Å². The van der Waals surface area contributed by atoms with Gasteiger partial charge in [-0.05, 0) is 49.4 Å². The van der Waals surface area contributed by atoms with Gasteiger partial charge in [0.15, 0.2) is 0 Å². The summed E-state index contributed by atoms with van der Waals surface area (Å²) in [6, 6.07) is 13.9. The molecular formula is C18H21NO2. The lowest BCUT2D eigenvalue weighted by atomic mass is 10.0. The van der Waals surface area contributed by atoms with Crippen molar-refractivity contribution in [2.24, 2.45) is 0 Å². The molecule has 0 atom stereocenters. The molecule has 0 aliphatic heterocycles. The number of esters is 1. The number of hydrogen-bond acceptors (Lipinski definition) is 3. The maximum absolute atomic E-state index is 12.1. The van der Waals surface area contributed by atoms with E-state index in [9.17, 15) is 4.79 Å². The molecule has 0 aliphatic carbocycles. The van der Waals surface area contributed by atoms with Gasteiger partial charge in [0.25, 0.3) is 0 Å². The third-order valence-electron chi connectivity index (χ3n) is 3.44. The van der Waals surface area contributed by atoms with Crippen LogP contribution in [-0.4, -0.2) is 12.6 Å². The lowest BCUT2D eigenvalue weighted by molar-refractivity contribution is 0.0501. The molecule has 0 amide bonds. The van der Waals surface area contributed by atoms with Gasteiger partial charge in [0, 0.05) is 5.69 Å². The van der Waals surface area contributed by atoms with Crippen LogP contribution in [0.4, 0.5) is 5.69 Å². The molecule has 2 N–H and O–H groups in total. The van der Waals surface area contributed by atoms with Crippen molar-refractivity contribution < 1.29 is 9.53 Å². The maximum Gasteiger partial charge on any atom is 0.340 e. The van der Waals surface area contributed by atoms with Crippen LogP contribution < -0.4 is 5.73 Å². The maximum atomic E-state index is 12.1. The Morgan fingerprint density at radius 1 is 1.14 bits per heavy atom. The predicted molar refractivity (Wildman–Crippen MR) is 85.4 cm³/mol. The van der Waals surface area contributed by atoms with E-state index in [0.717, 1.165) is 24.0 Å². The molecule has 0 radical (unpaired) electrons. The van der Waals surface area contributed by atoms with Crippen molar-refractivity contribution in [1.29, 1.82) is 0 Å². The average molecular weight is 283 g/mol. The van der Waals surface area contributed by atoms with E-state index in [4.69, 9.17) is 10.5 Å². The van der Waals surface area contributed by atoms with Crippen LogP contribution in [0, 0.1) is 13.8 Å². The lowest BCUT2D eigenvalue weighted by Gasteiger charge is -2.10. The molecule has 0 unspecified atom stereocenters. The van der Waals surface area contributed by atoms with Gasteiger partial charge in [0.1, 0.15) is 0 Å². The summed E-state index contributed by atoms with van der Waals surface area (Å²) < 4.78 is 5.32. The van der Waals surface area contributed by atoms with E-state index in [1.54, 1.807) is 6.07 Å². The first kappa shape index (κ1) is 15.1. The van der Waals surface area contributed by atoms with E-state index in [1.807, 2.05) is 38.1 Å². The molecule has 3 nitrogen and oxygen atoms in total. The van der Waals surface area contributed by atoms with Crippen LogP contribution >= 0.6 is 0 Å². The minimum atomic E-state index is -0.340. The number of benzene rings is 2. The Morgan fingerprint density at radius 3 is 2.57 bits per heavy atom. The number of nitrogen functional groups attached to an aromatic ring is 1. The lowest BCUT2D eigenvalue weighted by Crippen LogP contribution is -2.11. The first-order valence-electron chi connectivity index (χ1n) is 7.15. The summed E-state index contributed by atoms with van der Waals surface area (Å²) in [5, 5.41) is 0. The third-order valence-corrected chi connectivity index (χ3v) is 3.44. The molecule has 21 heavy (non-hydrogen) atoms. The molecule has 0 aromatic heterocycles. The minimum absolute atomic E-state index is 0.340. The Balaban J connectivity index is 1.88. The highest BCUT2D eigenvalue weighted by molar-refractivity contribution is 5.96. The largest absolute Gasteiger partial charge is 0.462 e. The Morgan fingerprint density at radius 2 is 1.86 bits per heavy atom. The SMILES string of the molecule is Cc1cc(C)c(N)c(C(=O)OCCCc2ccccc2)c1. The molecule has 0 heterocycles. The second-order valence-corrected chi connectivity index (χ2v) is 5.27. The topological polar surface area (TPSA) is 52.3 Å². The van der Waals surface area contributed by atoms with Gasteiger partial charge in [-0.3, -0.25) is 0 Å². The zero-order chi connectivity index (χ0) is 15.2. The van der Waals surface area contributed by atoms with Gasteiger partial charge < -0.3 is 10.5 Å². The van der Waals surface area contributed by atoms with E-state index in [0.29, 0.717) is 17.9 Å². The van der Waals surface area contributed by atoms with E-state index >= 15 is 0 Å². The summed E-state index contributed by atoms with van der Waals surface area (Å²) in [7, 11) is 0. The second kappa shape index (κ2) is 6.93. The van der Waals surface area contributed by atoms with Crippen LogP contribution in [0.15, 0.2) is 42.5 Å². The molecule has 2 aromatic carbocycles. The van der Waals surface area contributed by atoms with Gasteiger partial charge in [-0.15, -0.1) is 0 Å². The molecule has 3 heteroatoms.